The molecule has 2 aromatic rings. The van der Waals surface area contributed by atoms with Gasteiger partial charge in [-0.25, -0.2) is 0 Å². The van der Waals surface area contributed by atoms with Gasteiger partial charge in [-0.2, -0.15) is 0 Å². The number of rotatable bonds is 4. The zero-order valence-electron chi connectivity index (χ0n) is 15.5. The largest absolute Gasteiger partial charge is 0.493 e. The molecule has 0 bridgehead atoms. The summed E-state index contributed by atoms with van der Waals surface area (Å²) in [5.74, 6) is -0.0993. The number of cyclic esters (lactones) is 1. The van der Waals surface area contributed by atoms with Crippen molar-refractivity contribution in [3.63, 3.8) is 0 Å². The van der Waals surface area contributed by atoms with Crippen molar-refractivity contribution in [2.75, 3.05) is 27.9 Å². The summed E-state index contributed by atoms with van der Waals surface area (Å²) in [6.45, 7) is 2.11. The number of hydrogen-bond acceptors (Lipinski definition) is 7. The average Bonchev–Trinajstić information content (AvgIpc) is 3.24. The summed E-state index contributed by atoms with van der Waals surface area (Å²) >= 11 is 1.47. The molecule has 0 N–H and O–H groups in total. The summed E-state index contributed by atoms with van der Waals surface area (Å²) in [5, 5.41) is 0. The van der Waals surface area contributed by atoms with Gasteiger partial charge in [-0.1, -0.05) is 0 Å². The maximum absolute atomic E-state index is 12.9. The zero-order valence-corrected chi connectivity index (χ0v) is 16.3. The summed E-state index contributed by atoms with van der Waals surface area (Å²) in [4.78, 5) is 27.2. The van der Waals surface area contributed by atoms with Gasteiger partial charge in [0.25, 0.3) is 0 Å². The number of thiophene rings is 1. The Bertz CT molecular complexity index is 906. The lowest BCUT2D eigenvalue weighted by atomic mass is 9.69. The maximum Gasteiger partial charge on any atom is 0.310 e. The number of carbonyl (C=O) groups is 2. The van der Waals surface area contributed by atoms with Crippen molar-refractivity contribution in [2.45, 2.75) is 12.8 Å². The monoisotopic (exact) mass is 388 g/mol. The van der Waals surface area contributed by atoms with Crippen LogP contribution in [0.25, 0.3) is 0 Å². The molecule has 4 rings (SSSR count). The predicted molar refractivity (Wildman–Crippen MR) is 99.3 cm³/mol. The standard InChI is InChI=1S/C20H20O6S/c1-9-5-11-15(10-6-13(23-2)18(25-4)14(7-10)24-3)16-12(8-26-20(16)22)17(21)19(11)27-9/h5-7,12,15-16H,8H2,1-4H3/t12-,15+,16+/m0/s1. The highest BCUT2D eigenvalue weighted by Gasteiger charge is 2.52. The summed E-state index contributed by atoms with van der Waals surface area (Å²) < 4.78 is 21.6. The number of esters is 1. The van der Waals surface area contributed by atoms with Gasteiger partial charge < -0.3 is 18.9 Å². The highest BCUT2D eigenvalue weighted by Crippen LogP contribution is 2.51. The van der Waals surface area contributed by atoms with Crippen molar-refractivity contribution < 1.29 is 28.5 Å². The van der Waals surface area contributed by atoms with Crippen molar-refractivity contribution >= 4 is 23.1 Å². The molecule has 0 radical (unpaired) electrons. The summed E-state index contributed by atoms with van der Waals surface area (Å²) in [7, 11) is 4.65. The first kappa shape index (κ1) is 17.9. The van der Waals surface area contributed by atoms with Crippen molar-refractivity contribution in [1.82, 2.24) is 0 Å². The Morgan fingerprint density at radius 1 is 1.04 bits per heavy atom. The van der Waals surface area contributed by atoms with E-state index in [1.54, 1.807) is 21.3 Å². The number of ketones is 1. The second-order valence-corrected chi connectivity index (χ2v) is 7.96. The molecular formula is C20H20O6S. The Labute approximate surface area is 161 Å². The van der Waals surface area contributed by atoms with Crippen LogP contribution in [0.1, 0.15) is 31.6 Å². The first-order chi connectivity index (χ1) is 13.0. The van der Waals surface area contributed by atoms with Crippen LogP contribution in [0.3, 0.4) is 0 Å². The Morgan fingerprint density at radius 3 is 2.30 bits per heavy atom. The number of aryl methyl sites for hydroxylation is 1. The summed E-state index contributed by atoms with van der Waals surface area (Å²) in [6.07, 6.45) is 0. The quantitative estimate of drug-likeness (QED) is 0.749. The number of benzene rings is 1. The summed E-state index contributed by atoms with van der Waals surface area (Å²) in [5.41, 5.74) is 1.71. The predicted octanol–water partition coefficient (Wildman–Crippen LogP) is 3.20. The lowest BCUT2D eigenvalue weighted by Crippen LogP contribution is -2.35. The molecule has 27 heavy (non-hydrogen) atoms. The zero-order chi connectivity index (χ0) is 19.3. The van der Waals surface area contributed by atoms with Gasteiger partial charge in [0, 0.05) is 10.8 Å². The van der Waals surface area contributed by atoms with Gasteiger partial charge in [-0.15, -0.1) is 11.3 Å². The highest BCUT2D eigenvalue weighted by molar-refractivity contribution is 7.14. The second-order valence-electron chi connectivity index (χ2n) is 6.70. The molecule has 142 valence electrons. The van der Waals surface area contributed by atoms with E-state index in [4.69, 9.17) is 18.9 Å². The van der Waals surface area contributed by atoms with E-state index in [9.17, 15) is 9.59 Å². The number of methoxy groups -OCH3 is 3. The van der Waals surface area contributed by atoms with Gasteiger partial charge in [0.05, 0.1) is 38.0 Å². The number of Topliss-reactive ketones (excluding diaryl/α,β-unsaturated/α-hetero) is 1. The van der Waals surface area contributed by atoms with Crippen LogP contribution in [0.2, 0.25) is 0 Å². The maximum atomic E-state index is 12.9. The molecule has 3 atom stereocenters. The van der Waals surface area contributed by atoms with Crippen molar-refractivity contribution in [3.05, 3.63) is 39.1 Å². The fourth-order valence-electron chi connectivity index (χ4n) is 4.13. The third kappa shape index (κ3) is 2.60. The third-order valence-corrected chi connectivity index (χ3v) is 6.38. The van der Waals surface area contributed by atoms with E-state index < -0.39 is 11.8 Å². The molecule has 2 aliphatic rings. The molecule has 1 aromatic carbocycles. The molecular weight excluding hydrogens is 368 g/mol. The van der Waals surface area contributed by atoms with Crippen LogP contribution in [0.5, 0.6) is 17.2 Å². The average molecular weight is 388 g/mol. The van der Waals surface area contributed by atoms with E-state index in [-0.39, 0.29) is 24.3 Å². The van der Waals surface area contributed by atoms with Gasteiger partial charge in [0.1, 0.15) is 6.61 Å². The van der Waals surface area contributed by atoms with E-state index in [0.717, 1.165) is 16.0 Å². The first-order valence-electron chi connectivity index (χ1n) is 8.61. The minimum Gasteiger partial charge on any atom is -0.493 e. The van der Waals surface area contributed by atoms with Gasteiger partial charge in [0.2, 0.25) is 5.75 Å². The first-order valence-corrected chi connectivity index (χ1v) is 9.42. The van der Waals surface area contributed by atoms with Gasteiger partial charge in [-0.05, 0) is 36.2 Å². The van der Waals surface area contributed by atoms with E-state index in [1.807, 2.05) is 25.1 Å². The van der Waals surface area contributed by atoms with Gasteiger partial charge >= 0.3 is 5.97 Å². The molecule has 1 aliphatic carbocycles. The highest BCUT2D eigenvalue weighted by atomic mass is 32.1. The molecule has 7 heteroatoms. The summed E-state index contributed by atoms with van der Waals surface area (Å²) in [6, 6.07) is 5.69. The lowest BCUT2D eigenvalue weighted by molar-refractivity contribution is -0.141. The lowest BCUT2D eigenvalue weighted by Gasteiger charge is -2.30. The Hall–Kier alpha value is -2.54. The van der Waals surface area contributed by atoms with Crippen LogP contribution < -0.4 is 14.2 Å². The number of fused-ring (bicyclic) bond motifs is 2. The number of ether oxygens (including phenoxy) is 4. The Kier molecular flexibility index (Phi) is 4.34. The fraction of sp³-hybridized carbons (Fsp3) is 0.400. The van der Waals surface area contributed by atoms with E-state index in [1.165, 1.54) is 11.3 Å². The molecule has 0 unspecified atom stereocenters. The normalized spacial score (nSPS) is 23.5. The number of hydrogen-bond donors (Lipinski definition) is 0. The van der Waals surface area contributed by atoms with Gasteiger partial charge in [0.15, 0.2) is 17.3 Å². The molecule has 0 saturated carbocycles. The van der Waals surface area contributed by atoms with Crippen molar-refractivity contribution in [1.29, 1.82) is 0 Å². The molecule has 1 fully saturated rings. The van der Waals surface area contributed by atoms with E-state index in [2.05, 4.69) is 0 Å². The van der Waals surface area contributed by atoms with Crippen LogP contribution >= 0.6 is 11.3 Å². The molecule has 2 heterocycles. The fourth-order valence-corrected chi connectivity index (χ4v) is 5.19. The van der Waals surface area contributed by atoms with E-state index in [0.29, 0.717) is 22.1 Å². The Balaban J connectivity index is 1.94. The molecule has 0 amide bonds. The molecule has 1 aromatic heterocycles. The van der Waals surface area contributed by atoms with Crippen molar-refractivity contribution in [3.8, 4) is 17.2 Å². The van der Waals surface area contributed by atoms with Crippen LogP contribution in [-0.4, -0.2) is 39.7 Å². The minimum absolute atomic E-state index is 0.00245. The third-order valence-electron chi connectivity index (χ3n) is 5.30. The SMILES string of the molecule is COc1cc([C@@H]2c3cc(C)sc3C(=O)[C@H]3COC(=O)[C@@H]23)cc(OC)c1OC. The van der Waals surface area contributed by atoms with Gasteiger partial charge in [-0.3, -0.25) is 9.59 Å². The smallest absolute Gasteiger partial charge is 0.310 e. The van der Waals surface area contributed by atoms with Crippen LogP contribution in [0.15, 0.2) is 18.2 Å². The molecule has 1 saturated heterocycles. The topological polar surface area (TPSA) is 71.1 Å². The van der Waals surface area contributed by atoms with Crippen LogP contribution in [0.4, 0.5) is 0 Å². The van der Waals surface area contributed by atoms with E-state index >= 15 is 0 Å². The minimum atomic E-state index is -0.540. The second kappa shape index (κ2) is 6.56. The molecule has 6 nitrogen and oxygen atoms in total. The Morgan fingerprint density at radius 2 is 1.70 bits per heavy atom. The van der Waals surface area contributed by atoms with Crippen LogP contribution in [0, 0.1) is 18.8 Å². The van der Waals surface area contributed by atoms with Crippen molar-refractivity contribution in [2.24, 2.45) is 11.8 Å². The van der Waals surface area contributed by atoms with Crippen LogP contribution in [-0.2, 0) is 9.53 Å². The number of carbonyl (C=O) groups excluding carboxylic acids is 2. The molecule has 1 aliphatic heterocycles. The molecule has 0 spiro atoms.